The zero-order valence-corrected chi connectivity index (χ0v) is 27.7. The zero-order chi connectivity index (χ0) is 33.8. The maximum Gasteiger partial charge on any atom is 0.231 e. The number of fused-ring (bicyclic) bond motifs is 2. The lowest BCUT2D eigenvalue weighted by atomic mass is 9.68. The fourth-order valence-electron chi connectivity index (χ4n) is 7.94. The summed E-state index contributed by atoms with van der Waals surface area (Å²) in [7, 11) is 4.16. The molecule has 0 radical (unpaired) electrons. The third-order valence-corrected chi connectivity index (χ3v) is 11.0. The largest absolute Gasteiger partial charge is 0.507 e. The molecular formula is C35H40ClNO10. The number of benzene rings is 2. The Hall–Kier alpha value is -3.96. The topological polar surface area (TPSA) is 152 Å². The number of aromatic hydroxyl groups is 1. The standard InChI is InChI=1S/C35H40ClNO10/c1-18-13-23(39)28(32(41)35(18)33(42)29-25(45-3)16-26(46-4)30(36)31(29)47-35)21(19-8-9-22(38)24(14-19)44-2)15-27(40)37-12-11-34(43)10-6-5-7-20(34)17-37/h8-9,14,16,18,20-21,38,41,43H,5-7,10-13,15,17H2,1-4H3/t18-,20?,21?,34?,35+/m1/s1. The summed E-state index contributed by atoms with van der Waals surface area (Å²) in [6.07, 6.45) is 3.53. The van der Waals surface area contributed by atoms with Gasteiger partial charge in [-0.2, -0.15) is 0 Å². The maximum atomic E-state index is 14.4. The van der Waals surface area contributed by atoms with E-state index in [-0.39, 0.29) is 69.6 Å². The van der Waals surface area contributed by atoms with Crippen LogP contribution in [0, 0.1) is 11.8 Å². The van der Waals surface area contributed by atoms with Gasteiger partial charge in [0.25, 0.3) is 0 Å². The van der Waals surface area contributed by atoms with Gasteiger partial charge in [-0.15, -0.1) is 0 Å². The first-order valence-electron chi connectivity index (χ1n) is 15.9. The van der Waals surface area contributed by atoms with Gasteiger partial charge in [-0.3, -0.25) is 14.4 Å². The van der Waals surface area contributed by atoms with Gasteiger partial charge >= 0.3 is 0 Å². The van der Waals surface area contributed by atoms with E-state index < -0.39 is 40.4 Å². The summed E-state index contributed by atoms with van der Waals surface area (Å²) in [5.74, 6) is -3.61. The average Bonchev–Trinajstić information content (AvgIpc) is 3.37. The van der Waals surface area contributed by atoms with Gasteiger partial charge in [0.05, 0.1) is 26.9 Å². The molecule has 1 spiro atoms. The molecule has 0 aromatic heterocycles. The number of amides is 1. The van der Waals surface area contributed by atoms with E-state index in [2.05, 4.69) is 0 Å². The van der Waals surface area contributed by atoms with E-state index in [0.717, 1.165) is 19.3 Å². The van der Waals surface area contributed by atoms with Crippen molar-refractivity contribution in [3.05, 3.63) is 51.7 Å². The number of likely N-dealkylation sites (tertiary alicyclic amines) is 1. The number of ketones is 2. The van der Waals surface area contributed by atoms with Gasteiger partial charge in [0.2, 0.25) is 17.3 Å². The van der Waals surface area contributed by atoms with Crippen LogP contribution in [0.4, 0.5) is 0 Å². The quantitative estimate of drug-likeness (QED) is 0.362. The lowest BCUT2D eigenvalue weighted by Gasteiger charge is -2.47. The van der Waals surface area contributed by atoms with E-state index in [1.165, 1.54) is 39.5 Å². The number of halogens is 1. The molecule has 1 saturated heterocycles. The molecule has 3 unspecified atom stereocenters. The molecule has 2 aromatic carbocycles. The number of nitrogens with zero attached hydrogens (tertiary/aromatic N) is 1. The second-order valence-electron chi connectivity index (χ2n) is 13.1. The number of phenolic OH excluding ortho intramolecular Hbond substituents is 1. The molecule has 5 atom stereocenters. The van der Waals surface area contributed by atoms with Crippen molar-refractivity contribution in [2.75, 3.05) is 34.4 Å². The Bertz CT molecular complexity index is 1670. The normalized spacial score (nSPS) is 27.7. The molecule has 2 aliphatic heterocycles. The number of hydrogen-bond acceptors (Lipinski definition) is 10. The number of hydrogen-bond donors (Lipinski definition) is 3. The Morgan fingerprint density at radius 2 is 1.79 bits per heavy atom. The summed E-state index contributed by atoms with van der Waals surface area (Å²) in [5, 5.41) is 33.7. The molecule has 47 heavy (non-hydrogen) atoms. The number of phenols is 1. The first-order valence-corrected chi connectivity index (χ1v) is 16.3. The maximum absolute atomic E-state index is 14.4. The second kappa shape index (κ2) is 12.2. The average molecular weight is 670 g/mol. The summed E-state index contributed by atoms with van der Waals surface area (Å²) in [5.41, 5.74) is -2.53. The number of allylic oxidation sites excluding steroid dienone is 1. The SMILES string of the molecule is COc1cc(C(CC(=O)N2CCC3(O)CCCCC3C2)C2=C(O)[C@@]3(Oc4c(Cl)c(OC)cc(OC)c4C3=O)[C@H](C)CC2=O)ccc1O. The first-order chi connectivity index (χ1) is 22.4. The molecule has 1 saturated carbocycles. The number of ether oxygens (including phenoxy) is 4. The molecule has 11 nitrogen and oxygen atoms in total. The highest BCUT2D eigenvalue weighted by Gasteiger charge is 2.61. The molecule has 4 aliphatic rings. The first kappa shape index (κ1) is 33.0. The monoisotopic (exact) mass is 669 g/mol. The number of rotatable bonds is 7. The van der Waals surface area contributed by atoms with Crippen LogP contribution in [0.15, 0.2) is 35.6 Å². The van der Waals surface area contributed by atoms with Gasteiger partial charge in [0.15, 0.2) is 28.8 Å². The van der Waals surface area contributed by atoms with Crippen molar-refractivity contribution in [3.8, 4) is 28.7 Å². The highest BCUT2D eigenvalue weighted by Crippen LogP contribution is 2.56. The highest BCUT2D eigenvalue weighted by atomic mass is 35.5. The van der Waals surface area contributed by atoms with Crippen molar-refractivity contribution in [3.63, 3.8) is 0 Å². The summed E-state index contributed by atoms with van der Waals surface area (Å²) < 4.78 is 22.5. The summed E-state index contributed by atoms with van der Waals surface area (Å²) in [6.45, 7) is 2.38. The van der Waals surface area contributed by atoms with E-state index >= 15 is 0 Å². The predicted octanol–water partition coefficient (Wildman–Crippen LogP) is 5.13. The third-order valence-electron chi connectivity index (χ3n) is 10.6. The van der Waals surface area contributed by atoms with Crippen molar-refractivity contribution >= 4 is 29.1 Å². The second-order valence-corrected chi connectivity index (χ2v) is 13.5. The van der Waals surface area contributed by atoms with E-state index in [4.69, 9.17) is 30.5 Å². The molecule has 12 heteroatoms. The van der Waals surface area contributed by atoms with Crippen LogP contribution in [0.5, 0.6) is 28.7 Å². The number of piperidine rings is 1. The van der Waals surface area contributed by atoms with Crippen molar-refractivity contribution < 1.29 is 48.7 Å². The number of aliphatic hydroxyl groups is 2. The minimum Gasteiger partial charge on any atom is -0.507 e. The summed E-state index contributed by atoms with van der Waals surface area (Å²) >= 11 is 6.60. The summed E-state index contributed by atoms with van der Waals surface area (Å²) in [4.78, 5) is 44.1. The van der Waals surface area contributed by atoms with Crippen molar-refractivity contribution in [2.24, 2.45) is 11.8 Å². The number of carbonyl (C=O) groups excluding carboxylic acids is 3. The van der Waals surface area contributed by atoms with Crippen LogP contribution in [0.3, 0.4) is 0 Å². The molecule has 0 bridgehead atoms. The Balaban J connectivity index is 1.45. The molecule has 3 N–H and O–H groups in total. The minimum atomic E-state index is -2.03. The molecular weight excluding hydrogens is 630 g/mol. The Labute approximate surface area is 278 Å². The van der Waals surface area contributed by atoms with Gasteiger partial charge in [-0.05, 0) is 37.0 Å². The third kappa shape index (κ3) is 5.18. The van der Waals surface area contributed by atoms with Gasteiger partial charge in [0.1, 0.15) is 22.1 Å². The van der Waals surface area contributed by atoms with Gasteiger partial charge in [0, 0.05) is 55.3 Å². The van der Waals surface area contributed by atoms with Crippen LogP contribution in [-0.4, -0.2) is 83.3 Å². The molecule has 6 rings (SSSR count). The Morgan fingerprint density at radius 3 is 2.49 bits per heavy atom. The molecule has 252 valence electrons. The van der Waals surface area contributed by atoms with Crippen LogP contribution in [0.25, 0.3) is 0 Å². The highest BCUT2D eigenvalue weighted by molar-refractivity contribution is 6.35. The van der Waals surface area contributed by atoms with E-state index in [1.807, 2.05) is 0 Å². The number of aliphatic hydroxyl groups excluding tert-OH is 1. The minimum absolute atomic E-state index is 0.00902. The van der Waals surface area contributed by atoms with Gasteiger partial charge < -0.3 is 39.2 Å². The molecule has 1 amide bonds. The van der Waals surface area contributed by atoms with Crippen molar-refractivity contribution in [2.45, 2.75) is 69.0 Å². The fourth-order valence-corrected chi connectivity index (χ4v) is 8.20. The van der Waals surface area contributed by atoms with E-state index in [9.17, 15) is 29.7 Å². The van der Waals surface area contributed by atoms with Crippen LogP contribution in [0.2, 0.25) is 5.02 Å². The Kier molecular flexibility index (Phi) is 8.59. The van der Waals surface area contributed by atoms with Crippen LogP contribution < -0.4 is 18.9 Å². The van der Waals surface area contributed by atoms with Gasteiger partial charge in [-0.1, -0.05) is 37.4 Å². The smallest absolute Gasteiger partial charge is 0.231 e. The molecule has 2 aromatic rings. The Morgan fingerprint density at radius 1 is 1.06 bits per heavy atom. The van der Waals surface area contributed by atoms with Crippen LogP contribution in [-0.2, 0) is 9.59 Å². The van der Waals surface area contributed by atoms with Crippen molar-refractivity contribution in [1.29, 1.82) is 0 Å². The zero-order valence-electron chi connectivity index (χ0n) is 26.9. The van der Waals surface area contributed by atoms with Crippen LogP contribution in [0.1, 0.15) is 73.7 Å². The van der Waals surface area contributed by atoms with Crippen LogP contribution >= 0.6 is 11.6 Å². The number of carbonyl (C=O) groups is 3. The number of Topliss-reactive ketones (excluding diaryl/α,β-unsaturated/α-hetero) is 2. The fraction of sp³-hybridized carbons (Fsp3) is 0.514. The molecule has 2 fully saturated rings. The van der Waals surface area contributed by atoms with Crippen molar-refractivity contribution in [1.82, 2.24) is 4.90 Å². The number of methoxy groups -OCH3 is 3. The summed E-state index contributed by atoms with van der Waals surface area (Å²) in [6, 6.07) is 5.92. The van der Waals surface area contributed by atoms with Gasteiger partial charge in [-0.25, -0.2) is 0 Å². The lowest BCUT2D eigenvalue weighted by Crippen LogP contribution is -2.55. The lowest BCUT2D eigenvalue weighted by molar-refractivity contribution is -0.143. The predicted molar refractivity (Wildman–Crippen MR) is 171 cm³/mol. The molecule has 2 aliphatic carbocycles. The molecule has 2 heterocycles. The van der Waals surface area contributed by atoms with E-state index in [0.29, 0.717) is 31.5 Å². The van der Waals surface area contributed by atoms with E-state index in [1.54, 1.807) is 17.9 Å².